The van der Waals surface area contributed by atoms with E-state index in [1.165, 1.54) is 6.07 Å². The van der Waals surface area contributed by atoms with Crippen LogP contribution in [0, 0.1) is 16.0 Å². The molecule has 6 heteroatoms. The van der Waals surface area contributed by atoms with Gasteiger partial charge in [-0.15, -0.1) is 0 Å². The molecule has 1 saturated heterocycles. The number of aliphatic hydroxyl groups excluding tert-OH is 1. The second-order valence-corrected chi connectivity index (χ2v) is 4.64. The molecule has 0 aromatic heterocycles. The molecule has 0 spiro atoms. The lowest BCUT2D eigenvalue weighted by Gasteiger charge is -2.33. The summed E-state index contributed by atoms with van der Waals surface area (Å²) in [7, 11) is 0. The van der Waals surface area contributed by atoms with E-state index >= 15 is 0 Å². The predicted molar refractivity (Wildman–Crippen MR) is 69.5 cm³/mol. The molecule has 1 aliphatic rings. The Labute approximate surface area is 105 Å². The molecule has 1 atom stereocenters. The summed E-state index contributed by atoms with van der Waals surface area (Å²) in [6.45, 7) is 1.85. The molecule has 0 aliphatic carbocycles. The van der Waals surface area contributed by atoms with E-state index in [0.29, 0.717) is 0 Å². The summed E-state index contributed by atoms with van der Waals surface area (Å²) in [5.41, 5.74) is 6.69. The van der Waals surface area contributed by atoms with Crippen LogP contribution in [0.3, 0.4) is 0 Å². The average molecular weight is 251 g/mol. The zero-order valence-corrected chi connectivity index (χ0v) is 10.1. The molecule has 2 rings (SSSR count). The van der Waals surface area contributed by atoms with Crippen molar-refractivity contribution >= 4 is 17.1 Å². The fraction of sp³-hybridized carbons (Fsp3) is 0.500. The van der Waals surface area contributed by atoms with Gasteiger partial charge in [-0.25, -0.2) is 0 Å². The van der Waals surface area contributed by atoms with E-state index in [2.05, 4.69) is 4.90 Å². The molecule has 1 aliphatic heterocycles. The third kappa shape index (κ3) is 2.53. The van der Waals surface area contributed by atoms with Gasteiger partial charge in [0.1, 0.15) is 5.69 Å². The molecule has 1 fully saturated rings. The number of hydrogen-bond donors (Lipinski definition) is 2. The molecule has 0 saturated carbocycles. The molecular formula is C12H17N3O3. The van der Waals surface area contributed by atoms with Crippen molar-refractivity contribution in [3.63, 3.8) is 0 Å². The van der Waals surface area contributed by atoms with Crippen LogP contribution >= 0.6 is 0 Å². The minimum absolute atomic E-state index is 0.0607. The van der Waals surface area contributed by atoms with Crippen LogP contribution in [-0.4, -0.2) is 29.7 Å². The van der Waals surface area contributed by atoms with Crippen LogP contribution < -0.4 is 10.6 Å². The molecule has 3 N–H and O–H groups in total. The summed E-state index contributed by atoms with van der Waals surface area (Å²) in [6, 6.07) is 4.79. The van der Waals surface area contributed by atoms with Gasteiger partial charge in [0.25, 0.3) is 5.69 Å². The summed E-state index contributed by atoms with van der Waals surface area (Å²) >= 11 is 0. The quantitative estimate of drug-likeness (QED) is 0.481. The minimum Gasteiger partial charge on any atom is -0.396 e. The summed E-state index contributed by atoms with van der Waals surface area (Å²) in [5, 5.41) is 19.9. The first-order chi connectivity index (χ1) is 8.61. The molecule has 1 unspecified atom stereocenters. The van der Waals surface area contributed by atoms with E-state index in [1.807, 2.05) is 0 Å². The first-order valence-electron chi connectivity index (χ1n) is 6.01. The van der Waals surface area contributed by atoms with E-state index in [-0.39, 0.29) is 23.9 Å². The topological polar surface area (TPSA) is 92.6 Å². The van der Waals surface area contributed by atoms with Gasteiger partial charge in [-0.3, -0.25) is 10.1 Å². The van der Waals surface area contributed by atoms with E-state index in [9.17, 15) is 15.2 Å². The van der Waals surface area contributed by atoms with Crippen LogP contribution in [0.2, 0.25) is 0 Å². The van der Waals surface area contributed by atoms with E-state index in [1.54, 1.807) is 12.1 Å². The maximum absolute atomic E-state index is 10.7. The maximum atomic E-state index is 10.7. The SMILES string of the molecule is Nc1cc(N2CCCC(CO)C2)ccc1[N+](=O)[O-]. The Morgan fingerprint density at radius 2 is 2.33 bits per heavy atom. The van der Waals surface area contributed by atoms with Gasteiger partial charge in [0, 0.05) is 31.5 Å². The minimum atomic E-state index is -0.480. The van der Waals surface area contributed by atoms with Gasteiger partial charge in [0.05, 0.1) is 4.92 Å². The van der Waals surface area contributed by atoms with E-state index in [0.717, 1.165) is 31.6 Å². The van der Waals surface area contributed by atoms with Crippen LogP contribution in [0.4, 0.5) is 17.1 Å². The fourth-order valence-electron chi connectivity index (χ4n) is 2.35. The Bertz CT molecular complexity index is 450. The smallest absolute Gasteiger partial charge is 0.292 e. The molecule has 18 heavy (non-hydrogen) atoms. The number of nitrogens with zero attached hydrogens (tertiary/aromatic N) is 2. The highest BCUT2D eigenvalue weighted by molar-refractivity contribution is 5.66. The molecule has 0 radical (unpaired) electrons. The standard InChI is InChI=1S/C12H17N3O3/c13-11-6-10(3-4-12(11)15(17)18)14-5-1-2-9(7-14)8-16/h3-4,6,9,16H,1-2,5,7-8,13H2. The number of nitrogens with two attached hydrogens (primary N) is 1. The molecule has 98 valence electrons. The number of aliphatic hydroxyl groups is 1. The van der Waals surface area contributed by atoms with Gasteiger partial charge in [0.15, 0.2) is 0 Å². The first-order valence-corrected chi connectivity index (χ1v) is 6.01. The molecule has 0 amide bonds. The van der Waals surface area contributed by atoms with Gasteiger partial charge >= 0.3 is 0 Å². The Kier molecular flexibility index (Phi) is 3.66. The first kappa shape index (κ1) is 12.6. The zero-order chi connectivity index (χ0) is 13.1. The van der Waals surface area contributed by atoms with Gasteiger partial charge in [0.2, 0.25) is 0 Å². The predicted octanol–water partition coefficient (Wildman–Crippen LogP) is 1.39. The highest BCUT2D eigenvalue weighted by atomic mass is 16.6. The van der Waals surface area contributed by atoms with Crippen molar-refractivity contribution in [3.8, 4) is 0 Å². The Balaban J connectivity index is 2.18. The number of benzene rings is 1. The molecule has 1 heterocycles. The average Bonchev–Trinajstić information content (AvgIpc) is 2.38. The molecular weight excluding hydrogens is 234 g/mol. The largest absolute Gasteiger partial charge is 0.396 e. The second-order valence-electron chi connectivity index (χ2n) is 4.64. The Morgan fingerprint density at radius 1 is 1.56 bits per heavy atom. The van der Waals surface area contributed by atoms with Gasteiger partial charge in [-0.1, -0.05) is 0 Å². The summed E-state index contributed by atoms with van der Waals surface area (Å²) in [4.78, 5) is 12.3. The Morgan fingerprint density at radius 3 is 2.94 bits per heavy atom. The van der Waals surface area contributed by atoms with Gasteiger partial charge in [-0.05, 0) is 30.9 Å². The highest BCUT2D eigenvalue weighted by Gasteiger charge is 2.21. The van der Waals surface area contributed by atoms with Gasteiger partial charge in [-0.2, -0.15) is 0 Å². The zero-order valence-electron chi connectivity index (χ0n) is 10.1. The summed E-state index contributed by atoms with van der Waals surface area (Å²) in [5.74, 6) is 0.273. The number of piperidine rings is 1. The molecule has 1 aromatic carbocycles. The van der Waals surface area contributed by atoms with Crippen molar-refractivity contribution in [2.45, 2.75) is 12.8 Å². The third-order valence-electron chi connectivity index (χ3n) is 3.35. The molecule has 6 nitrogen and oxygen atoms in total. The van der Waals surface area contributed by atoms with Crippen molar-refractivity contribution in [2.75, 3.05) is 30.3 Å². The van der Waals surface area contributed by atoms with Crippen LogP contribution in [-0.2, 0) is 0 Å². The van der Waals surface area contributed by atoms with Gasteiger partial charge < -0.3 is 15.7 Å². The van der Waals surface area contributed by atoms with Crippen LogP contribution in [0.25, 0.3) is 0 Å². The number of hydrogen-bond acceptors (Lipinski definition) is 5. The number of nitro groups is 1. The van der Waals surface area contributed by atoms with Crippen LogP contribution in [0.5, 0.6) is 0 Å². The van der Waals surface area contributed by atoms with Crippen LogP contribution in [0.15, 0.2) is 18.2 Å². The van der Waals surface area contributed by atoms with Crippen molar-refractivity contribution in [3.05, 3.63) is 28.3 Å². The number of nitro benzene ring substituents is 1. The van der Waals surface area contributed by atoms with E-state index < -0.39 is 4.92 Å². The lowest BCUT2D eigenvalue weighted by Crippen LogP contribution is -2.36. The summed E-state index contributed by atoms with van der Waals surface area (Å²) in [6.07, 6.45) is 2.04. The maximum Gasteiger partial charge on any atom is 0.292 e. The Hall–Kier alpha value is -1.82. The lowest BCUT2D eigenvalue weighted by atomic mass is 9.98. The van der Waals surface area contributed by atoms with Crippen molar-refractivity contribution < 1.29 is 10.0 Å². The number of rotatable bonds is 3. The van der Waals surface area contributed by atoms with Crippen molar-refractivity contribution in [1.29, 1.82) is 0 Å². The van der Waals surface area contributed by atoms with Crippen molar-refractivity contribution in [1.82, 2.24) is 0 Å². The second kappa shape index (κ2) is 5.22. The monoisotopic (exact) mass is 251 g/mol. The lowest BCUT2D eigenvalue weighted by molar-refractivity contribution is -0.383. The number of anilines is 2. The summed E-state index contributed by atoms with van der Waals surface area (Å²) < 4.78 is 0. The number of nitrogen functional groups attached to an aromatic ring is 1. The van der Waals surface area contributed by atoms with E-state index in [4.69, 9.17) is 5.73 Å². The highest BCUT2D eigenvalue weighted by Crippen LogP contribution is 2.29. The third-order valence-corrected chi connectivity index (χ3v) is 3.35. The van der Waals surface area contributed by atoms with Crippen LogP contribution in [0.1, 0.15) is 12.8 Å². The molecule has 0 bridgehead atoms. The van der Waals surface area contributed by atoms with Crippen molar-refractivity contribution in [2.24, 2.45) is 5.92 Å². The fourth-order valence-corrected chi connectivity index (χ4v) is 2.35. The molecule has 1 aromatic rings. The normalized spacial score (nSPS) is 19.8.